The number of rotatable bonds is 5. The average Bonchev–Trinajstić information content (AvgIpc) is 3.11. The Balaban J connectivity index is 0.801. The van der Waals surface area contributed by atoms with Crippen molar-refractivity contribution in [2.45, 2.75) is 5.41 Å². The van der Waals surface area contributed by atoms with Gasteiger partial charge in [0.1, 0.15) is 11.5 Å². The first-order chi connectivity index (χ1) is 39.1. The fourth-order valence-electron chi connectivity index (χ4n) is 13.5. The standard InChI is InChI=1S/C72H42N6O/c1-73-48-27-35-67-57(43-48)56-40-45(25-34-66(56)76(67)49-13-3-2-4-14-49)47-23-32-58-69(42-47)79-68-36-26-46(41-61(68)72(58)59-18-11-37-74-70(59)71-60(72)19-12-38-75-71)44-24-33-65-55(39-44)54-17-7-10-22-64(54)78(65)51-30-28-50(29-31-51)77-62-20-8-5-15-52(62)53-16-6-9-21-63(53)77/h2-43H. The van der Waals surface area contributed by atoms with Crippen LogP contribution in [0.15, 0.2) is 255 Å². The molecule has 0 fully saturated rings. The maximum absolute atomic E-state index is 7.86. The van der Waals surface area contributed by atoms with Crippen LogP contribution in [-0.4, -0.2) is 23.7 Å². The second-order valence-corrected chi connectivity index (χ2v) is 20.8. The van der Waals surface area contributed by atoms with Crippen LogP contribution >= 0.6 is 0 Å². The Morgan fingerprint density at radius 1 is 0.329 bits per heavy atom. The largest absolute Gasteiger partial charge is 0.457 e. The van der Waals surface area contributed by atoms with Crippen molar-refractivity contribution in [2.24, 2.45) is 0 Å². The second kappa shape index (κ2) is 16.3. The van der Waals surface area contributed by atoms with Gasteiger partial charge < -0.3 is 18.4 Å². The Labute approximate surface area is 453 Å². The van der Waals surface area contributed by atoms with E-state index in [9.17, 15) is 0 Å². The van der Waals surface area contributed by atoms with Crippen LogP contribution < -0.4 is 4.74 Å². The summed E-state index contributed by atoms with van der Waals surface area (Å²) in [7, 11) is 0. The minimum atomic E-state index is -0.778. The number of fused-ring (bicyclic) bond motifs is 18. The van der Waals surface area contributed by atoms with Crippen molar-refractivity contribution in [2.75, 3.05) is 0 Å². The van der Waals surface area contributed by atoms with Crippen LogP contribution in [-0.2, 0) is 5.41 Å². The molecule has 0 saturated carbocycles. The summed E-state index contributed by atoms with van der Waals surface area (Å²) in [5, 5.41) is 7.00. The van der Waals surface area contributed by atoms with E-state index in [0.717, 1.165) is 117 Å². The van der Waals surface area contributed by atoms with Gasteiger partial charge in [-0.1, -0.05) is 121 Å². The monoisotopic (exact) mass is 1010 g/mol. The molecular formula is C72H42N6O. The van der Waals surface area contributed by atoms with Crippen molar-refractivity contribution in [1.82, 2.24) is 23.7 Å². The molecule has 366 valence electrons. The number of aromatic nitrogens is 5. The summed E-state index contributed by atoms with van der Waals surface area (Å²) in [6.07, 6.45) is 3.74. The fraction of sp³-hybridized carbons (Fsp3) is 0.0139. The molecule has 0 N–H and O–H groups in total. The topological polar surface area (TPSA) is 54.2 Å². The number of hydrogen-bond donors (Lipinski definition) is 0. The first-order valence-electron chi connectivity index (χ1n) is 26.6. The zero-order valence-corrected chi connectivity index (χ0v) is 42.3. The molecular weight excluding hydrogens is 965 g/mol. The van der Waals surface area contributed by atoms with Crippen molar-refractivity contribution in [3.63, 3.8) is 0 Å². The van der Waals surface area contributed by atoms with Crippen molar-refractivity contribution >= 4 is 71.1 Å². The Morgan fingerprint density at radius 2 is 0.772 bits per heavy atom. The summed E-state index contributed by atoms with van der Waals surface area (Å²) in [6.45, 7) is 7.86. The lowest BCUT2D eigenvalue weighted by Gasteiger charge is -2.39. The van der Waals surface area contributed by atoms with Crippen LogP contribution in [0.4, 0.5) is 5.69 Å². The molecule has 17 rings (SSSR count). The number of hydrogen-bond acceptors (Lipinski definition) is 3. The minimum Gasteiger partial charge on any atom is -0.457 e. The summed E-state index contributed by atoms with van der Waals surface area (Å²) < 4.78 is 14.2. The van der Waals surface area contributed by atoms with Crippen LogP contribution in [0.25, 0.3) is 121 Å². The zero-order valence-electron chi connectivity index (χ0n) is 42.3. The number of para-hydroxylation sites is 4. The molecule has 2 aliphatic rings. The molecule has 10 aromatic carbocycles. The SMILES string of the molecule is [C-]#[N+]c1ccc2c(c1)c1cc(-c3ccc4c(c3)Oc3ccc(-c5ccc6c(c5)c5ccccc5n6-c5ccc(-n6c7ccccc7c7ccccc76)cc5)cc3C43c4cccnc4-c4ncccc43)ccc1n2-c1ccccc1. The highest BCUT2D eigenvalue weighted by molar-refractivity contribution is 6.13. The minimum absolute atomic E-state index is 0.614. The first kappa shape index (κ1) is 43.4. The van der Waals surface area contributed by atoms with E-state index in [1.165, 1.54) is 32.6 Å². The van der Waals surface area contributed by atoms with Crippen LogP contribution in [0.2, 0.25) is 0 Å². The lowest BCUT2D eigenvalue weighted by Crippen LogP contribution is -2.32. The summed E-state index contributed by atoms with van der Waals surface area (Å²) in [6, 6.07) is 86.9. The van der Waals surface area contributed by atoms with Gasteiger partial charge in [-0.3, -0.25) is 9.97 Å². The number of pyridine rings is 2. The van der Waals surface area contributed by atoms with Gasteiger partial charge in [-0.15, -0.1) is 0 Å². The van der Waals surface area contributed by atoms with E-state index < -0.39 is 5.41 Å². The van der Waals surface area contributed by atoms with E-state index in [2.05, 4.69) is 231 Å². The van der Waals surface area contributed by atoms with Gasteiger partial charge >= 0.3 is 0 Å². The lowest BCUT2D eigenvalue weighted by molar-refractivity contribution is 0.436. The maximum atomic E-state index is 7.86. The molecule has 6 heterocycles. The van der Waals surface area contributed by atoms with Crippen molar-refractivity contribution in [3.8, 4) is 62.2 Å². The average molecular weight is 1010 g/mol. The van der Waals surface area contributed by atoms with Crippen LogP contribution in [0.3, 0.4) is 0 Å². The molecule has 0 atom stereocenters. The quantitative estimate of drug-likeness (QED) is 0.161. The van der Waals surface area contributed by atoms with Crippen LogP contribution in [0.5, 0.6) is 11.5 Å². The zero-order chi connectivity index (χ0) is 51.9. The highest BCUT2D eigenvalue weighted by Crippen LogP contribution is 2.62. The van der Waals surface area contributed by atoms with Gasteiger partial charge in [0.15, 0.2) is 5.69 Å². The van der Waals surface area contributed by atoms with E-state index in [4.69, 9.17) is 21.3 Å². The number of nitrogens with zero attached hydrogens (tertiary/aromatic N) is 6. The predicted molar refractivity (Wildman–Crippen MR) is 320 cm³/mol. The first-order valence-corrected chi connectivity index (χ1v) is 26.6. The van der Waals surface area contributed by atoms with Crippen molar-refractivity contribution in [1.29, 1.82) is 0 Å². The Bertz CT molecular complexity index is 5030. The van der Waals surface area contributed by atoms with E-state index in [0.29, 0.717) is 5.69 Å². The normalized spacial score (nSPS) is 13.0. The highest BCUT2D eigenvalue weighted by atomic mass is 16.5. The summed E-state index contributed by atoms with van der Waals surface area (Å²) in [5.41, 5.74) is 20.2. The van der Waals surface area contributed by atoms with Crippen molar-refractivity contribution in [3.05, 3.63) is 289 Å². The summed E-state index contributed by atoms with van der Waals surface area (Å²) >= 11 is 0. The van der Waals surface area contributed by atoms with Gasteiger partial charge in [-0.05, 0) is 160 Å². The van der Waals surface area contributed by atoms with Crippen molar-refractivity contribution < 1.29 is 4.74 Å². The molecule has 0 saturated heterocycles. The molecule has 1 spiro atoms. The van der Waals surface area contributed by atoms with E-state index in [1.807, 2.05) is 42.7 Å². The molecule has 0 unspecified atom stereocenters. The third-order valence-corrected chi connectivity index (χ3v) is 16.8. The molecule has 1 aliphatic heterocycles. The van der Waals surface area contributed by atoms with Gasteiger partial charge in [0.25, 0.3) is 0 Å². The van der Waals surface area contributed by atoms with Crippen LogP contribution in [0.1, 0.15) is 22.3 Å². The number of ether oxygens (including phenoxy) is 1. The van der Waals surface area contributed by atoms with Gasteiger partial charge in [0.2, 0.25) is 0 Å². The third kappa shape index (κ3) is 6.05. The summed E-state index contributed by atoms with van der Waals surface area (Å²) in [5.74, 6) is 1.57. The molecule has 5 aromatic heterocycles. The predicted octanol–water partition coefficient (Wildman–Crippen LogP) is 18.1. The molecule has 15 aromatic rings. The van der Waals surface area contributed by atoms with E-state index in [1.54, 1.807) is 0 Å². The smallest absolute Gasteiger partial charge is 0.188 e. The fourth-order valence-corrected chi connectivity index (χ4v) is 13.5. The second-order valence-electron chi connectivity index (χ2n) is 20.8. The molecule has 7 heteroatoms. The maximum Gasteiger partial charge on any atom is 0.188 e. The molecule has 0 amide bonds. The van der Waals surface area contributed by atoms with E-state index >= 15 is 0 Å². The third-order valence-electron chi connectivity index (χ3n) is 16.8. The lowest BCUT2D eigenvalue weighted by atomic mass is 9.66. The molecule has 0 radical (unpaired) electrons. The van der Waals surface area contributed by atoms with Gasteiger partial charge in [-0.2, -0.15) is 0 Å². The molecule has 0 bridgehead atoms. The van der Waals surface area contributed by atoms with Gasteiger partial charge in [-0.25, -0.2) is 4.85 Å². The molecule has 7 nitrogen and oxygen atoms in total. The van der Waals surface area contributed by atoms with E-state index in [-0.39, 0.29) is 0 Å². The Hall–Kier alpha value is -10.8. The number of benzene rings is 10. The Morgan fingerprint density at radius 3 is 1.35 bits per heavy atom. The van der Waals surface area contributed by atoms with Crippen LogP contribution in [0, 0.1) is 6.57 Å². The van der Waals surface area contributed by atoms with Gasteiger partial charge in [0, 0.05) is 67.5 Å². The summed E-state index contributed by atoms with van der Waals surface area (Å²) in [4.78, 5) is 13.9. The highest BCUT2D eigenvalue weighted by Gasteiger charge is 2.52. The Kier molecular flexibility index (Phi) is 8.99. The molecule has 79 heavy (non-hydrogen) atoms. The van der Waals surface area contributed by atoms with Gasteiger partial charge in [0.05, 0.1) is 56.5 Å². The molecule has 1 aliphatic carbocycles.